The van der Waals surface area contributed by atoms with Crippen molar-refractivity contribution in [1.82, 2.24) is 0 Å². The number of nitrogens with zero attached hydrogens (tertiary/aromatic N) is 1. The monoisotopic (exact) mass is 199 g/mol. The van der Waals surface area contributed by atoms with Gasteiger partial charge in [0.15, 0.2) is 0 Å². The predicted molar refractivity (Wildman–Crippen MR) is 50.5 cm³/mol. The lowest BCUT2D eigenvalue weighted by molar-refractivity contribution is 1.25. The Morgan fingerprint density at radius 2 is 1.83 bits per heavy atom. The quantitative estimate of drug-likeness (QED) is 0.681. The molecular weight excluding hydrogens is 193 g/mol. The van der Waals surface area contributed by atoms with Gasteiger partial charge in [-0.3, -0.25) is 0 Å². The van der Waals surface area contributed by atoms with E-state index in [1.807, 2.05) is 13.0 Å². The van der Waals surface area contributed by atoms with Crippen molar-refractivity contribution in [2.45, 2.75) is 13.3 Å². The highest BCUT2D eigenvalue weighted by atomic mass is 35.5. The summed E-state index contributed by atoms with van der Waals surface area (Å²) in [7, 11) is 0. The van der Waals surface area contributed by atoms with Gasteiger partial charge < -0.3 is 0 Å². The van der Waals surface area contributed by atoms with Crippen LogP contribution < -0.4 is 0 Å². The van der Waals surface area contributed by atoms with E-state index in [0.717, 1.165) is 11.1 Å². The molecule has 62 valence electrons. The molecule has 1 aromatic rings. The van der Waals surface area contributed by atoms with Crippen LogP contribution in [0.5, 0.6) is 0 Å². The molecule has 0 heterocycles. The first-order valence-corrected chi connectivity index (χ1v) is 4.22. The van der Waals surface area contributed by atoms with Gasteiger partial charge in [0.2, 0.25) is 0 Å². The third-order valence-corrected chi connectivity index (χ3v) is 2.41. The van der Waals surface area contributed by atoms with Crippen LogP contribution in [0, 0.1) is 18.3 Å². The van der Waals surface area contributed by atoms with E-state index in [1.165, 1.54) is 0 Å². The first-order chi connectivity index (χ1) is 5.65. The highest BCUT2D eigenvalue weighted by molar-refractivity contribution is 6.36. The number of nitriles is 1. The molecule has 0 aromatic heterocycles. The summed E-state index contributed by atoms with van der Waals surface area (Å²) in [6, 6.07) is 5.58. The van der Waals surface area contributed by atoms with Gasteiger partial charge in [0.05, 0.1) is 12.5 Å². The number of benzene rings is 1. The Morgan fingerprint density at radius 1 is 1.33 bits per heavy atom. The van der Waals surface area contributed by atoms with Crippen molar-refractivity contribution in [3.05, 3.63) is 33.3 Å². The molecule has 0 saturated heterocycles. The molecule has 3 heteroatoms. The van der Waals surface area contributed by atoms with Crippen molar-refractivity contribution < 1.29 is 0 Å². The number of rotatable bonds is 1. The van der Waals surface area contributed by atoms with E-state index in [0.29, 0.717) is 16.5 Å². The first kappa shape index (κ1) is 9.38. The second-order valence-corrected chi connectivity index (χ2v) is 3.33. The topological polar surface area (TPSA) is 23.8 Å². The van der Waals surface area contributed by atoms with E-state index in [9.17, 15) is 0 Å². The van der Waals surface area contributed by atoms with Crippen LogP contribution in [0.25, 0.3) is 0 Å². The molecule has 0 saturated carbocycles. The van der Waals surface area contributed by atoms with E-state index in [2.05, 4.69) is 0 Å². The normalized spacial score (nSPS) is 9.50. The zero-order chi connectivity index (χ0) is 9.14. The van der Waals surface area contributed by atoms with Gasteiger partial charge in [-0.05, 0) is 30.2 Å². The van der Waals surface area contributed by atoms with Crippen molar-refractivity contribution >= 4 is 23.2 Å². The van der Waals surface area contributed by atoms with Gasteiger partial charge >= 0.3 is 0 Å². The first-order valence-electron chi connectivity index (χ1n) is 3.46. The third kappa shape index (κ3) is 1.91. The summed E-state index contributed by atoms with van der Waals surface area (Å²) >= 11 is 11.7. The molecule has 0 N–H and O–H groups in total. The maximum atomic E-state index is 8.43. The fourth-order valence-corrected chi connectivity index (χ4v) is 1.42. The van der Waals surface area contributed by atoms with Crippen LogP contribution in [0.2, 0.25) is 10.0 Å². The van der Waals surface area contributed by atoms with Crippen molar-refractivity contribution in [3.63, 3.8) is 0 Å². The Labute approximate surface area is 81.5 Å². The van der Waals surface area contributed by atoms with E-state index in [1.54, 1.807) is 12.1 Å². The van der Waals surface area contributed by atoms with Gasteiger partial charge in [-0.1, -0.05) is 23.2 Å². The molecule has 0 bridgehead atoms. The SMILES string of the molecule is Cc1c(Cl)cc(CC#N)cc1Cl. The molecule has 0 atom stereocenters. The predicted octanol–water partition coefficient (Wildman–Crippen LogP) is 3.37. The Bertz CT molecular complexity index is 316. The molecule has 1 rings (SSSR count). The minimum absolute atomic E-state index is 0.347. The standard InChI is InChI=1S/C9H7Cl2N/c1-6-8(10)4-7(2-3-12)5-9(6)11/h4-5H,2H2,1H3. The van der Waals surface area contributed by atoms with Crippen LogP contribution in [0.3, 0.4) is 0 Å². The van der Waals surface area contributed by atoms with Crippen LogP contribution in [0.1, 0.15) is 11.1 Å². The highest BCUT2D eigenvalue weighted by Crippen LogP contribution is 2.25. The van der Waals surface area contributed by atoms with Crippen LogP contribution >= 0.6 is 23.2 Å². The van der Waals surface area contributed by atoms with Crippen LogP contribution in [-0.4, -0.2) is 0 Å². The molecule has 0 aliphatic rings. The molecular formula is C9H7Cl2N. The third-order valence-electron chi connectivity index (χ3n) is 1.62. The van der Waals surface area contributed by atoms with E-state index >= 15 is 0 Å². The van der Waals surface area contributed by atoms with Gasteiger partial charge in [0.25, 0.3) is 0 Å². The average molecular weight is 200 g/mol. The minimum atomic E-state index is 0.347. The minimum Gasteiger partial charge on any atom is -0.198 e. The van der Waals surface area contributed by atoms with Crippen molar-refractivity contribution in [3.8, 4) is 6.07 Å². The summed E-state index contributed by atoms with van der Waals surface area (Å²) in [4.78, 5) is 0. The number of hydrogen-bond acceptors (Lipinski definition) is 1. The Balaban J connectivity index is 3.14. The van der Waals surface area contributed by atoms with Crippen LogP contribution in [0.4, 0.5) is 0 Å². The molecule has 0 aliphatic heterocycles. The Morgan fingerprint density at radius 3 is 2.25 bits per heavy atom. The lowest BCUT2D eigenvalue weighted by Gasteiger charge is -2.02. The molecule has 0 fully saturated rings. The number of hydrogen-bond donors (Lipinski definition) is 0. The van der Waals surface area contributed by atoms with E-state index < -0.39 is 0 Å². The van der Waals surface area contributed by atoms with Gasteiger partial charge in [0.1, 0.15) is 0 Å². The fourth-order valence-electron chi connectivity index (χ4n) is 0.891. The zero-order valence-electron chi connectivity index (χ0n) is 6.56. The molecule has 0 amide bonds. The largest absolute Gasteiger partial charge is 0.198 e. The van der Waals surface area contributed by atoms with Gasteiger partial charge in [-0.2, -0.15) is 5.26 Å². The summed E-state index contributed by atoms with van der Waals surface area (Å²) in [6.45, 7) is 1.85. The summed E-state index contributed by atoms with van der Waals surface area (Å²) in [5, 5.41) is 9.67. The van der Waals surface area contributed by atoms with Crippen molar-refractivity contribution in [1.29, 1.82) is 5.26 Å². The lowest BCUT2D eigenvalue weighted by atomic mass is 10.1. The summed E-state index contributed by atoms with van der Waals surface area (Å²) in [6.07, 6.45) is 0.347. The Kier molecular flexibility index (Phi) is 2.97. The second kappa shape index (κ2) is 3.80. The summed E-state index contributed by atoms with van der Waals surface area (Å²) < 4.78 is 0. The molecule has 12 heavy (non-hydrogen) atoms. The fraction of sp³-hybridized carbons (Fsp3) is 0.222. The lowest BCUT2D eigenvalue weighted by Crippen LogP contribution is -1.85. The maximum absolute atomic E-state index is 8.43. The smallest absolute Gasteiger partial charge is 0.0669 e. The molecule has 0 aliphatic carbocycles. The van der Waals surface area contributed by atoms with Crippen LogP contribution in [-0.2, 0) is 6.42 Å². The maximum Gasteiger partial charge on any atom is 0.0669 e. The molecule has 1 nitrogen and oxygen atoms in total. The highest BCUT2D eigenvalue weighted by Gasteiger charge is 2.02. The van der Waals surface area contributed by atoms with Crippen molar-refractivity contribution in [2.75, 3.05) is 0 Å². The molecule has 0 radical (unpaired) electrons. The van der Waals surface area contributed by atoms with Crippen molar-refractivity contribution in [2.24, 2.45) is 0 Å². The molecule has 0 spiro atoms. The second-order valence-electron chi connectivity index (χ2n) is 2.52. The molecule has 1 aromatic carbocycles. The average Bonchev–Trinajstić information content (AvgIpc) is 2.01. The van der Waals surface area contributed by atoms with Gasteiger partial charge in [-0.15, -0.1) is 0 Å². The van der Waals surface area contributed by atoms with E-state index in [-0.39, 0.29) is 0 Å². The number of halogens is 2. The van der Waals surface area contributed by atoms with Gasteiger partial charge in [0, 0.05) is 10.0 Å². The summed E-state index contributed by atoms with van der Waals surface area (Å²) in [5.41, 5.74) is 1.72. The summed E-state index contributed by atoms with van der Waals surface area (Å²) in [5.74, 6) is 0. The molecule has 0 unspecified atom stereocenters. The Hall–Kier alpha value is -0.710. The zero-order valence-corrected chi connectivity index (χ0v) is 8.08. The van der Waals surface area contributed by atoms with Crippen LogP contribution in [0.15, 0.2) is 12.1 Å². The van der Waals surface area contributed by atoms with Gasteiger partial charge in [-0.25, -0.2) is 0 Å². The van der Waals surface area contributed by atoms with E-state index in [4.69, 9.17) is 28.5 Å².